The van der Waals surface area contributed by atoms with E-state index in [1.54, 1.807) is 18.4 Å². The minimum atomic E-state index is -0.492. The third kappa shape index (κ3) is 4.68. The van der Waals surface area contributed by atoms with E-state index in [1.165, 1.54) is 11.3 Å². The number of methoxy groups -OCH3 is 1. The fourth-order valence-corrected chi connectivity index (χ4v) is 6.92. The summed E-state index contributed by atoms with van der Waals surface area (Å²) < 4.78 is 5.03. The quantitative estimate of drug-likeness (QED) is 0.512. The summed E-state index contributed by atoms with van der Waals surface area (Å²) in [6, 6.07) is 0. The van der Waals surface area contributed by atoms with Gasteiger partial charge in [0, 0.05) is 36.9 Å². The molecule has 1 saturated carbocycles. The van der Waals surface area contributed by atoms with Crippen LogP contribution in [0.15, 0.2) is 0 Å². The van der Waals surface area contributed by atoms with Crippen molar-refractivity contribution in [2.75, 3.05) is 32.1 Å². The fourth-order valence-electron chi connectivity index (χ4n) is 5.63. The Kier molecular flexibility index (Phi) is 7.80. The summed E-state index contributed by atoms with van der Waals surface area (Å²) in [5.74, 6) is 0.105. The highest BCUT2D eigenvalue weighted by Crippen LogP contribution is 2.57. The first kappa shape index (κ1) is 23.5. The van der Waals surface area contributed by atoms with E-state index >= 15 is 0 Å². The third-order valence-corrected chi connectivity index (χ3v) is 8.42. The number of amides is 1. The number of ether oxygens (including phenoxy) is 1. The van der Waals surface area contributed by atoms with Crippen molar-refractivity contribution in [3.63, 3.8) is 0 Å². The summed E-state index contributed by atoms with van der Waals surface area (Å²) in [6.45, 7) is 10.7. The van der Waals surface area contributed by atoms with E-state index in [9.17, 15) is 9.90 Å². The van der Waals surface area contributed by atoms with Gasteiger partial charge in [-0.05, 0) is 42.9 Å². The van der Waals surface area contributed by atoms with Crippen LogP contribution in [0.25, 0.3) is 0 Å². The van der Waals surface area contributed by atoms with Crippen LogP contribution < -0.4 is 10.6 Å². The number of hydrogen-bond acceptors (Lipinski definition) is 6. The highest BCUT2D eigenvalue weighted by atomic mass is 32.1. The van der Waals surface area contributed by atoms with Gasteiger partial charge in [0.1, 0.15) is 0 Å². The molecule has 3 rings (SSSR count). The van der Waals surface area contributed by atoms with Crippen molar-refractivity contribution >= 4 is 22.4 Å². The van der Waals surface area contributed by atoms with Crippen molar-refractivity contribution in [3.05, 3.63) is 10.6 Å². The number of thiazole rings is 1. The maximum Gasteiger partial charge on any atom is 0.223 e. The molecule has 0 aromatic carbocycles. The minimum absolute atomic E-state index is 0.0138. The topological polar surface area (TPSA) is 83.5 Å². The van der Waals surface area contributed by atoms with Crippen molar-refractivity contribution in [1.82, 2.24) is 10.3 Å². The number of anilines is 1. The third-order valence-electron chi connectivity index (χ3n) is 7.39. The van der Waals surface area contributed by atoms with Crippen LogP contribution in [0.5, 0.6) is 0 Å². The molecule has 3 N–H and O–H groups in total. The Bertz CT molecular complexity index is 725. The number of unbranched alkanes of at least 4 members (excludes halogenated alkanes) is 1. The van der Waals surface area contributed by atoms with Gasteiger partial charge in [0.25, 0.3) is 0 Å². The first-order chi connectivity index (χ1) is 14.3. The van der Waals surface area contributed by atoms with Gasteiger partial charge in [-0.15, -0.1) is 11.3 Å². The molecule has 0 spiro atoms. The predicted octanol–water partition coefficient (Wildman–Crippen LogP) is 3.81. The molecule has 0 saturated heterocycles. The van der Waals surface area contributed by atoms with E-state index in [2.05, 4.69) is 31.4 Å². The average molecular weight is 438 g/mol. The molecule has 6 atom stereocenters. The van der Waals surface area contributed by atoms with Crippen molar-refractivity contribution in [3.8, 4) is 0 Å². The molecule has 1 aromatic rings. The summed E-state index contributed by atoms with van der Waals surface area (Å²) in [5, 5.41) is 18.9. The van der Waals surface area contributed by atoms with E-state index in [4.69, 9.17) is 9.72 Å². The maximum absolute atomic E-state index is 12.6. The second kappa shape index (κ2) is 9.96. The van der Waals surface area contributed by atoms with Crippen molar-refractivity contribution < 1.29 is 14.6 Å². The maximum atomic E-state index is 12.6. The van der Waals surface area contributed by atoms with Gasteiger partial charge >= 0.3 is 0 Å². The molecule has 7 heteroatoms. The van der Waals surface area contributed by atoms with Crippen molar-refractivity contribution in [2.45, 2.75) is 71.8 Å². The summed E-state index contributed by atoms with van der Waals surface area (Å²) in [6.07, 6.45) is 4.71. The zero-order valence-corrected chi connectivity index (χ0v) is 20.0. The molecular weight excluding hydrogens is 398 g/mol. The Morgan fingerprint density at radius 1 is 1.43 bits per heavy atom. The van der Waals surface area contributed by atoms with Crippen molar-refractivity contribution in [2.24, 2.45) is 23.2 Å². The van der Waals surface area contributed by atoms with Gasteiger partial charge in [0.15, 0.2) is 5.13 Å². The molecule has 0 unspecified atom stereocenters. The summed E-state index contributed by atoms with van der Waals surface area (Å²) >= 11 is 1.79. The normalized spacial score (nSPS) is 31.5. The second-order valence-electron chi connectivity index (χ2n) is 9.52. The monoisotopic (exact) mass is 437 g/mol. The molecule has 0 bridgehead atoms. The number of fused-ring (bicyclic) bond motifs is 2. The Morgan fingerprint density at radius 3 is 2.90 bits per heavy atom. The van der Waals surface area contributed by atoms with Crippen LogP contribution >= 0.6 is 11.3 Å². The highest BCUT2D eigenvalue weighted by Gasteiger charge is 2.53. The van der Waals surface area contributed by atoms with Gasteiger partial charge < -0.3 is 20.5 Å². The lowest BCUT2D eigenvalue weighted by atomic mass is 9.53. The Balaban J connectivity index is 1.74. The molecule has 1 heterocycles. The van der Waals surface area contributed by atoms with Gasteiger partial charge in [-0.25, -0.2) is 4.98 Å². The van der Waals surface area contributed by atoms with Crippen LogP contribution in [0.3, 0.4) is 0 Å². The highest BCUT2D eigenvalue weighted by molar-refractivity contribution is 7.15. The zero-order valence-electron chi connectivity index (χ0n) is 19.2. The first-order valence-electron chi connectivity index (χ1n) is 11.5. The van der Waals surface area contributed by atoms with Crippen LogP contribution in [0, 0.1) is 23.2 Å². The van der Waals surface area contributed by atoms with Gasteiger partial charge in [-0.1, -0.05) is 34.1 Å². The Labute approximate surface area is 185 Å². The van der Waals surface area contributed by atoms with Gasteiger partial charge in [-0.3, -0.25) is 4.79 Å². The number of aliphatic hydroxyl groups is 1. The summed E-state index contributed by atoms with van der Waals surface area (Å²) in [4.78, 5) is 18.9. The van der Waals surface area contributed by atoms with Crippen molar-refractivity contribution in [1.29, 1.82) is 0 Å². The number of aromatic nitrogens is 1. The van der Waals surface area contributed by atoms with E-state index in [0.29, 0.717) is 13.2 Å². The molecule has 30 heavy (non-hydrogen) atoms. The average Bonchev–Trinajstić information content (AvgIpc) is 3.10. The molecule has 1 fully saturated rings. The number of aliphatic hydroxyl groups excluding tert-OH is 1. The molecule has 6 nitrogen and oxygen atoms in total. The number of nitrogens with one attached hydrogen (secondary N) is 2. The fraction of sp³-hybridized carbons (Fsp3) is 0.826. The standard InChI is InChI=1S/C23H39N3O3S/c1-6-7-10-25-22-26-19-15(3)18-20(27)16(14(2)21(28)24-11-12-29-5)8-9-23(18,4)13-17(19)30-22/h14-16,18,20,27H,6-13H2,1-5H3,(H,24,28)(H,25,26)/t14-,15-,16-,18+,20-,23+/m0/s1. The number of carbonyl (C=O) groups excluding carboxylic acids is 1. The molecule has 170 valence electrons. The lowest BCUT2D eigenvalue weighted by Crippen LogP contribution is -2.53. The van der Waals surface area contributed by atoms with Crippen LogP contribution in [-0.4, -0.2) is 48.9 Å². The van der Waals surface area contributed by atoms with E-state index in [0.717, 1.165) is 43.1 Å². The smallest absolute Gasteiger partial charge is 0.223 e. The SMILES string of the molecule is CCCCNc1nc2c(s1)C[C@@]1(C)CC[C@@H]([C@H](C)C(=O)NCCOC)[C@H](O)[C@H]1[C@@H]2C. The minimum Gasteiger partial charge on any atom is -0.392 e. The molecular formula is C23H39N3O3S. The first-order valence-corrected chi connectivity index (χ1v) is 12.3. The van der Waals surface area contributed by atoms with Gasteiger partial charge in [0.2, 0.25) is 5.91 Å². The van der Waals surface area contributed by atoms with E-state index in [-0.39, 0.29) is 35.0 Å². The predicted molar refractivity (Wildman–Crippen MR) is 122 cm³/mol. The summed E-state index contributed by atoms with van der Waals surface area (Å²) in [5.41, 5.74) is 1.21. The molecule has 0 radical (unpaired) electrons. The zero-order chi connectivity index (χ0) is 21.9. The molecule has 2 aliphatic rings. The number of hydrogen-bond donors (Lipinski definition) is 3. The number of rotatable bonds is 9. The number of nitrogens with zero attached hydrogens (tertiary/aromatic N) is 1. The number of carbonyl (C=O) groups is 1. The van der Waals surface area contributed by atoms with Crippen LogP contribution in [0.4, 0.5) is 5.13 Å². The van der Waals surface area contributed by atoms with E-state index in [1.807, 2.05) is 6.92 Å². The van der Waals surface area contributed by atoms with Crippen LogP contribution in [-0.2, 0) is 16.0 Å². The largest absolute Gasteiger partial charge is 0.392 e. The van der Waals surface area contributed by atoms with E-state index < -0.39 is 6.10 Å². The van der Waals surface area contributed by atoms with Crippen LogP contribution in [0.1, 0.15) is 69.9 Å². The Morgan fingerprint density at radius 2 is 2.20 bits per heavy atom. The lowest BCUT2D eigenvalue weighted by Gasteiger charge is -2.53. The second-order valence-corrected chi connectivity index (χ2v) is 10.6. The van der Waals surface area contributed by atoms with Gasteiger partial charge in [0.05, 0.1) is 18.4 Å². The lowest BCUT2D eigenvalue weighted by molar-refractivity contribution is -0.135. The van der Waals surface area contributed by atoms with Crippen LogP contribution in [0.2, 0.25) is 0 Å². The van der Waals surface area contributed by atoms with Gasteiger partial charge in [-0.2, -0.15) is 0 Å². The molecule has 1 amide bonds. The molecule has 1 aromatic heterocycles. The molecule has 2 aliphatic carbocycles. The molecule has 0 aliphatic heterocycles. The Hall–Kier alpha value is -1.18. The summed E-state index contributed by atoms with van der Waals surface area (Å²) in [7, 11) is 1.63.